The Labute approximate surface area is 118 Å². The number of hydrogen-bond acceptors (Lipinski definition) is 6. The Balaban J connectivity index is 2.05. The van der Waals surface area contributed by atoms with Crippen LogP contribution in [-0.2, 0) is 13.0 Å². The highest BCUT2D eigenvalue weighted by Crippen LogP contribution is 2.12. The molecule has 2 rings (SSSR count). The van der Waals surface area contributed by atoms with Crippen LogP contribution in [0, 0.1) is 17.2 Å². The van der Waals surface area contributed by atoms with Gasteiger partial charge in [0.1, 0.15) is 17.6 Å². The molecule has 104 valence electrons. The van der Waals surface area contributed by atoms with Crippen LogP contribution in [0.3, 0.4) is 0 Å². The average molecular weight is 271 g/mol. The van der Waals surface area contributed by atoms with Gasteiger partial charge in [0, 0.05) is 13.5 Å². The van der Waals surface area contributed by atoms with Crippen LogP contribution in [-0.4, -0.2) is 22.2 Å². The summed E-state index contributed by atoms with van der Waals surface area (Å²) >= 11 is 0. The van der Waals surface area contributed by atoms with Crippen molar-refractivity contribution in [1.82, 2.24) is 15.1 Å². The van der Waals surface area contributed by atoms with Crippen LogP contribution >= 0.6 is 0 Å². The zero-order valence-electron chi connectivity index (χ0n) is 11.9. The van der Waals surface area contributed by atoms with Gasteiger partial charge in [0.25, 0.3) is 0 Å². The van der Waals surface area contributed by atoms with E-state index in [-0.39, 0.29) is 0 Å². The smallest absolute Gasteiger partial charge is 0.226 e. The normalized spacial score (nSPS) is 10.6. The fourth-order valence-electron chi connectivity index (χ4n) is 1.78. The van der Waals surface area contributed by atoms with Gasteiger partial charge in [0.05, 0.1) is 6.54 Å². The molecule has 0 saturated carbocycles. The van der Waals surface area contributed by atoms with Crippen molar-refractivity contribution in [3.8, 4) is 6.07 Å². The summed E-state index contributed by atoms with van der Waals surface area (Å²) < 4.78 is 5.20. The molecule has 0 spiro atoms. The van der Waals surface area contributed by atoms with E-state index in [1.165, 1.54) is 0 Å². The van der Waals surface area contributed by atoms with Gasteiger partial charge in [-0.2, -0.15) is 10.2 Å². The quantitative estimate of drug-likeness (QED) is 0.829. The number of pyridine rings is 1. The molecule has 6 nitrogen and oxygen atoms in total. The fourth-order valence-corrected chi connectivity index (χ4v) is 1.78. The van der Waals surface area contributed by atoms with E-state index in [1.807, 2.05) is 24.1 Å². The monoisotopic (exact) mass is 271 g/mol. The highest BCUT2D eigenvalue weighted by molar-refractivity contribution is 5.40. The van der Waals surface area contributed by atoms with Crippen LogP contribution in [0.4, 0.5) is 5.82 Å². The molecule has 0 aliphatic carbocycles. The summed E-state index contributed by atoms with van der Waals surface area (Å²) in [5.41, 5.74) is 0.392. The SMILES string of the molecule is CC(C)Cc1nc(CN(C)c2cccc(C#N)n2)no1. The van der Waals surface area contributed by atoms with Crippen LogP contribution in [0.5, 0.6) is 0 Å². The summed E-state index contributed by atoms with van der Waals surface area (Å²) in [7, 11) is 1.88. The minimum absolute atomic E-state index is 0.392. The van der Waals surface area contributed by atoms with Crippen molar-refractivity contribution < 1.29 is 4.52 Å². The number of aromatic nitrogens is 3. The number of anilines is 1. The van der Waals surface area contributed by atoms with Crippen LogP contribution in [0.25, 0.3) is 0 Å². The van der Waals surface area contributed by atoms with E-state index < -0.39 is 0 Å². The second-order valence-electron chi connectivity index (χ2n) is 5.05. The molecular formula is C14H17N5O. The van der Waals surface area contributed by atoms with Crippen molar-refractivity contribution in [1.29, 1.82) is 5.26 Å². The number of hydrogen-bond donors (Lipinski definition) is 0. The molecule has 0 aliphatic rings. The molecule has 0 atom stereocenters. The lowest BCUT2D eigenvalue weighted by atomic mass is 10.1. The second kappa shape index (κ2) is 6.15. The zero-order valence-corrected chi connectivity index (χ0v) is 11.9. The number of nitriles is 1. The van der Waals surface area contributed by atoms with Crippen molar-refractivity contribution in [2.24, 2.45) is 5.92 Å². The maximum absolute atomic E-state index is 8.85. The van der Waals surface area contributed by atoms with E-state index in [9.17, 15) is 0 Å². The molecule has 0 bridgehead atoms. The van der Waals surface area contributed by atoms with Gasteiger partial charge in [-0.3, -0.25) is 0 Å². The van der Waals surface area contributed by atoms with Gasteiger partial charge in [-0.05, 0) is 18.1 Å². The van der Waals surface area contributed by atoms with Gasteiger partial charge < -0.3 is 9.42 Å². The fraction of sp³-hybridized carbons (Fsp3) is 0.429. The van der Waals surface area contributed by atoms with Crippen molar-refractivity contribution in [2.75, 3.05) is 11.9 Å². The summed E-state index contributed by atoms with van der Waals surface area (Å²) in [4.78, 5) is 10.4. The predicted octanol–water partition coefficient (Wildman–Crippen LogP) is 2.17. The molecule has 0 aliphatic heterocycles. The molecule has 0 fully saturated rings. The summed E-state index contributed by atoms with van der Waals surface area (Å²) in [6, 6.07) is 7.34. The van der Waals surface area contributed by atoms with E-state index in [1.54, 1.807) is 12.1 Å². The minimum atomic E-state index is 0.392. The van der Waals surface area contributed by atoms with Gasteiger partial charge in [-0.15, -0.1) is 0 Å². The molecule has 2 aromatic heterocycles. The summed E-state index contributed by atoms with van der Waals surface area (Å²) in [6.07, 6.45) is 0.777. The maximum Gasteiger partial charge on any atom is 0.226 e. The Morgan fingerprint density at radius 1 is 1.35 bits per heavy atom. The van der Waals surface area contributed by atoms with Gasteiger partial charge in [0.2, 0.25) is 5.89 Å². The highest BCUT2D eigenvalue weighted by atomic mass is 16.5. The molecule has 0 radical (unpaired) electrons. The van der Waals surface area contributed by atoms with Crippen LogP contribution < -0.4 is 4.90 Å². The second-order valence-corrected chi connectivity index (χ2v) is 5.05. The third kappa shape index (κ3) is 3.54. The Morgan fingerprint density at radius 2 is 2.15 bits per heavy atom. The van der Waals surface area contributed by atoms with Crippen LogP contribution in [0.15, 0.2) is 22.7 Å². The average Bonchev–Trinajstić information content (AvgIpc) is 2.85. The van der Waals surface area contributed by atoms with Gasteiger partial charge in [0.15, 0.2) is 5.82 Å². The van der Waals surface area contributed by atoms with Gasteiger partial charge in [-0.25, -0.2) is 4.98 Å². The Kier molecular flexibility index (Phi) is 4.31. The third-order valence-electron chi connectivity index (χ3n) is 2.71. The van der Waals surface area contributed by atoms with Crippen LogP contribution in [0.1, 0.15) is 31.3 Å². The van der Waals surface area contributed by atoms with E-state index in [0.717, 1.165) is 6.42 Å². The number of rotatable bonds is 5. The first-order valence-corrected chi connectivity index (χ1v) is 6.48. The van der Waals surface area contributed by atoms with E-state index >= 15 is 0 Å². The minimum Gasteiger partial charge on any atom is -0.352 e. The molecule has 0 aromatic carbocycles. The molecule has 2 aromatic rings. The van der Waals surface area contributed by atoms with E-state index in [0.29, 0.717) is 35.7 Å². The Hall–Kier alpha value is -2.42. The topological polar surface area (TPSA) is 78.8 Å². The highest BCUT2D eigenvalue weighted by Gasteiger charge is 2.11. The summed E-state index contributed by atoms with van der Waals surface area (Å²) in [5, 5.41) is 12.8. The van der Waals surface area contributed by atoms with E-state index in [2.05, 4.69) is 29.0 Å². The predicted molar refractivity (Wildman–Crippen MR) is 73.9 cm³/mol. The van der Waals surface area contributed by atoms with Crippen molar-refractivity contribution in [3.63, 3.8) is 0 Å². The lowest BCUT2D eigenvalue weighted by Gasteiger charge is -2.15. The summed E-state index contributed by atoms with van der Waals surface area (Å²) in [5.74, 6) is 2.46. The molecular weight excluding hydrogens is 254 g/mol. The van der Waals surface area contributed by atoms with Gasteiger partial charge >= 0.3 is 0 Å². The van der Waals surface area contributed by atoms with E-state index in [4.69, 9.17) is 9.78 Å². The van der Waals surface area contributed by atoms with Crippen molar-refractivity contribution >= 4 is 5.82 Å². The van der Waals surface area contributed by atoms with Crippen molar-refractivity contribution in [2.45, 2.75) is 26.8 Å². The molecule has 6 heteroatoms. The third-order valence-corrected chi connectivity index (χ3v) is 2.71. The standard InChI is InChI=1S/C14H17N5O/c1-10(2)7-14-17-12(18-20-14)9-19(3)13-6-4-5-11(8-15)16-13/h4-6,10H,7,9H2,1-3H3. The molecule has 0 unspecified atom stereocenters. The Morgan fingerprint density at radius 3 is 2.85 bits per heavy atom. The van der Waals surface area contributed by atoms with Gasteiger partial charge in [-0.1, -0.05) is 25.1 Å². The first-order valence-electron chi connectivity index (χ1n) is 6.48. The lowest BCUT2D eigenvalue weighted by Crippen LogP contribution is -2.18. The maximum atomic E-state index is 8.85. The molecule has 2 heterocycles. The lowest BCUT2D eigenvalue weighted by molar-refractivity contribution is 0.358. The Bertz CT molecular complexity index is 614. The summed E-state index contributed by atoms with van der Waals surface area (Å²) in [6.45, 7) is 4.70. The zero-order chi connectivity index (χ0) is 14.5. The molecule has 0 saturated heterocycles. The first kappa shape index (κ1) is 14.0. The largest absolute Gasteiger partial charge is 0.352 e. The van der Waals surface area contributed by atoms with Crippen molar-refractivity contribution in [3.05, 3.63) is 35.6 Å². The van der Waals surface area contributed by atoms with Crippen LogP contribution in [0.2, 0.25) is 0 Å². The molecule has 20 heavy (non-hydrogen) atoms. The first-order chi connectivity index (χ1) is 9.58. The molecule has 0 N–H and O–H groups in total. The molecule has 0 amide bonds. The number of nitrogens with zero attached hydrogens (tertiary/aromatic N) is 5.